The molecule has 4 fully saturated rings. The van der Waals surface area contributed by atoms with Gasteiger partial charge in [-0.25, -0.2) is 0 Å². The third-order valence-corrected chi connectivity index (χ3v) is 6.45. The lowest BCUT2D eigenvalue weighted by Crippen LogP contribution is -2.72. The Balaban J connectivity index is 0.00000156. The minimum Gasteiger partial charge on any atom is -0.381 e. The number of rotatable bonds is 3. The first kappa shape index (κ1) is 17.7. The number of halogens is 1. The van der Waals surface area contributed by atoms with Crippen molar-refractivity contribution in [3.05, 3.63) is 0 Å². The Morgan fingerprint density at radius 2 is 1.96 bits per heavy atom. The van der Waals surface area contributed by atoms with E-state index in [2.05, 4.69) is 15.6 Å². The standard InChI is InChI=1S/C17H29N3O2.HI/c1-18-16(19-11-12-3-8-21-9-4-12)20-14-13-5-10-22-15(13)17(14)6-2-7-17;/h12-15H,2-11H2,1H3,(H2,18,19,20);1H. The lowest BCUT2D eigenvalue weighted by molar-refractivity contribution is -0.171. The maximum absolute atomic E-state index is 6.00. The SMILES string of the molecule is CN=C(NCC1CCOCC1)NC1C2CCOC2C12CCC2.I. The summed E-state index contributed by atoms with van der Waals surface area (Å²) in [6.07, 6.45) is 8.06. The number of nitrogens with one attached hydrogen (secondary N) is 2. The monoisotopic (exact) mass is 435 g/mol. The van der Waals surface area contributed by atoms with Crippen LogP contribution in [0.3, 0.4) is 0 Å². The summed E-state index contributed by atoms with van der Waals surface area (Å²) >= 11 is 0. The van der Waals surface area contributed by atoms with Crippen LogP contribution in [0.5, 0.6) is 0 Å². The summed E-state index contributed by atoms with van der Waals surface area (Å²) in [5.41, 5.74) is 0.414. The summed E-state index contributed by atoms with van der Waals surface area (Å²) in [7, 11) is 1.88. The number of hydrogen-bond acceptors (Lipinski definition) is 3. The summed E-state index contributed by atoms with van der Waals surface area (Å²) in [5, 5.41) is 7.28. The lowest BCUT2D eigenvalue weighted by atomic mass is 9.46. The second kappa shape index (κ2) is 7.44. The molecule has 2 saturated carbocycles. The van der Waals surface area contributed by atoms with Crippen LogP contribution in [-0.4, -0.2) is 51.5 Å². The average molecular weight is 435 g/mol. The number of nitrogens with zero attached hydrogens (tertiary/aromatic N) is 1. The highest BCUT2D eigenvalue weighted by molar-refractivity contribution is 14.0. The van der Waals surface area contributed by atoms with Crippen LogP contribution in [0.2, 0.25) is 0 Å². The predicted molar refractivity (Wildman–Crippen MR) is 101 cm³/mol. The van der Waals surface area contributed by atoms with Crippen LogP contribution in [0, 0.1) is 17.3 Å². The molecular formula is C17H30IN3O2. The highest BCUT2D eigenvalue weighted by atomic mass is 127. The summed E-state index contributed by atoms with van der Waals surface area (Å²) in [4.78, 5) is 4.45. The van der Waals surface area contributed by atoms with Crippen LogP contribution < -0.4 is 10.6 Å². The Labute approximate surface area is 156 Å². The molecule has 3 atom stereocenters. The van der Waals surface area contributed by atoms with Gasteiger partial charge in [-0.1, -0.05) is 6.42 Å². The zero-order valence-corrected chi connectivity index (χ0v) is 16.4. The van der Waals surface area contributed by atoms with Gasteiger partial charge in [-0.05, 0) is 38.0 Å². The Hall–Kier alpha value is -0.0800. The third-order valence-electron chi connectivity index (χ3n) is 6.45. The molecule has 2 aliphatic heterocycles. The number of aliphatic imine (C=N–C) groups is 1. The fourth-order valence-electron chi connectivity index (χ4n) is 4.99. The van der Waals surface area contributed by atoms with Crippen molar-refractivity contribution in [2.45, 2.75) is 50.7 Å². The van der Waals surface area contributed by atoms with E-state index in [9.17, 15) is 0 Å². The van der Waals surface area contributed by atoms with Gasteiger partial charge in [0.2, 0.25) is 0 Å². The van der Waals surface area contributed by atoms with Crippen LogP contribution in [0.25, 0.3) is 0 Å². The molecule has 6 heteroatoms. The predicted octanol–water partition coefficient (Wildman–Crippen LogP) is 2.15. The number of hydrogen-bond donors (Lipinski definition) is 2. The molecular weight excluding hydrogens is 405 g/mol. The summed E-state index contributed by atoms with van der Waals surface area (Å²) in [6, 6.07) is 0.564. The second-order valence-electron chi connectivity index (χ2n) is 7.46. The topological polar surface area (TPSA) is 54.9 Å². The van der Waals surface area contributed by atoms with E-state index in [0.29, 0.717) is 29.4 Å². The minimum absolute atomic E-state index is 0. The van der Waals surface area contributed by atoms with Crippen LogP contribution in [0.4, 0.5) is 0 Å². The maximum atomic E-state index is 6.00. The quantitative estimate of drug-likeness (QED) is 0.406. The molecule has 0 aromatic carbocycles. The van der Waals surface area contributed by atoms with Crippen LogP contribution in [0.1, 0.15) is 38.5 Å². The van der Waals surface area contributed by atoms with Gasteiger partial charge in [-0.15, -0.1) is 24.0 Å². The van der Waals surface area contributed by atoms with Gasteiger partial charge in [0.05, 0.1) is 6.10 Å². The molecule has 2 N–H and O–H groups in total. The normalized spacial score (nSPS) is 35.7. The number of guanidine groups is 1. The Morgan fingerprint density at radius 1 is 1.17 bits per heavy atom. The Morgan fingerprint density at radius 3 is 2.61 bits per heavy atom. The van der Waals surface area contributed by atoms with E-state index >= 15 is 0 Å². The molecule has 4 rings (SSSR count). The van der Waals surface area contributed by atoms with Gasteiger partial charge in [0.15, 0.2) is 5.96 Å². The maximum Gasteiger partial charge on any atom is 0.191 e. The first-order valence-electron chi connectivity index (χ1n) is 9.00. The molecule has 0 aromatic rings. The largest absolute Gasteiger partial charge is 0.381 e. The van der Waals surface area contributed by atoms with Gasteiger partial charge in [0.25, 0.3) is 0 Å². The zero-order chi connectivity index (χ0) is 15.0. The van der Waals surface area contributed by atoms with Crippen LogP contribution in [0.15, 0.2) is 4.99 Å². The summed E-state index contributed by atoms with van der Waals surface area (Å²) in [5.74, 6) is 2.39. The second-order valence-corrected chi connectivity index (χ2v) is 7.46. The van der Waals surface area contributed by atoms with E-state index in [1.54, 1.807) is 0 Å². The van der Waals surface area contributed by atoms with Crippen molar-refractivity contribution in [2.24, 2.45) is 22.2 Å². The lowest BCUT2D eigenvalue weighted by Gasteiger charge is -2.63. The van der Waals surface area contributed by atoms with Crippen molar-refractivity contribution in [2.75, 3.05) is 33.4 Å². The number of ether oxygens (including phenoxy) is 2. The van der Waals surface area contributed by atoms with E-state index in [0.717, 1.165) is 45.2 Å². The van der Waals surface area contributed by atoms with Crippen LogP contribution in [-0.2, 0) is 9.47 Å². The molecule has 1 spiro atoms. The zero-order valence-electron chi connectivity index (χ0n) is 14.1. The fraction of sp³-hybridized carbons (Fsp3) is 0.941. The van der Waals surface area contributed by atoms with E-state index < -0.39 is 0 Å². The van der Waals surface area contributed by atoms with E-state index in [4.69, 9.17) is 9.47 Å². The third kappa shape index (κ3) is 3.11. The molecule has 23 heavy (non-hydrogen) atoms. The van der Waals surface area contributed by atoms with Crippen LogP contribution >= 0.6 is 24.0 Å². The van der Waals surface area contributed by atoms with E-state index in [1.165, 1.54) is 25.7 Å². The van der Waals surface area contributed by atoms with Crippen molar-refractivity contribution < 1.29 is 9.47 Å². The molecule has 2 saturated heterocycles. The summed E-state index contributed by atoms with van der Waals surface area (Å²) < 4.78 is 11.4. The molecule has 0 aromatic heterocycles. The first-order valence-corrected chi connectivity index (χ1v) is 9.00. The summed E-state index contributed by atoms with van der Waals surface area (Å²) in [6.45, 7) is 3.77. The Kier molecular flexibility index (Phi) is 5.73. The van der Waals surface area contributed by atoms with Gasteiger partial charge in [-0.2, -0.15) is 0 Å². The molecule has 0 radical (unpaired) electrons. The van der Waals surface area contributed by atoms with Gasteiger partial charge < -0.3 is 20.1 Å². The highest BCUT2D eigenvalue weighted by Gasteiger charge is 2.66. The van der Waals surface area contributed by atoms with Gasteiger partial charge in [-0.3, -0.25) is 4.99 Å². The fourth-order valence-corrected chi connectivity index (χ4v) is 4.99. The molecule has 4 aliphatic rings. The molecule has 3 unspecified atom stereocenters. The van der Waals surface area contributed by atoms with Crippen molar-refractivity contribution >= 4 is 29.9 Å². The minimum atomic E-state index is 0. The number of fused-ring (bicyclic) bond motifs is 2. The van der Waals surface area contributed by atoms with Gasteiger partial charge in [0, 0.05) is 50.8 Å². The van der Waals surface area contributed by atoms with E-state index in [1.807, 2.05) is 7.05 Å². The smallest absolute Gasteiger partial charge is 0.191 e. The highest BCUT2D eigenvalue weighted by Crippen LogP contribution is 2.62. The van der Waals surface area contributed by atoms with Crippen molar-refractivity contribution in [3.8, 4) is 0 Å². The molecule has 0 bridgehead atoms. The molecule has 2 aliphatic carbocycles. The van der Waals surface area contributed by atoms with Crippen molar-refractivity contribution in [3.63, 3.8) is 0 Å². The average Bonchev–Trinajstić information content (AvgIpc) is 2.92. The molecule has 5 nitrogen and oxygen atoms in total. The van der Waals surface area contributed by atoms with E-state index in [-0.39, 0.29) is 24.0 Å². The molecule has 132 valence electrons. The van der Waals surface area contributed by atoms with Gasteiger partial charge >= 0.3 is 0 Å². The van der Waals surface area contributed by atoms with Crippen molar-refractivity contribution in [1.29, 1.82) is 0 Å². The van der Waals surface area contributed by atoms with Gasteiger partial charge in [0.1, 0.15) is 0 Å². The Bertz CT molecular complexity index is 436. The van der Waals surface area contributed by atoms with Crippen molar-refractivity contribution in [1.82, 2.24) is 10.6 Å². The molecule has 2 heterocycles. The molecule has 0 amide bonds. The first-order chi connectivity index (χ1) is 10.8.